The van der Waals surface area contributed by atoms with Crippen LogP contribution in [0, 0.1) is 5.92 Å². The average molecular weight is 395 g/mol. The number of hydrogen-bond donors (Lipinski definition) is 2. The number of fused-ring (bicyclic) bond motifs is 1. The van der Waals surface area contributed by atoms with Crippen molar-refractivity contribution in [1.82, 2.24) is 15.5 Å². The van der Waals surface area contributed by atoms with Crippen LogP contribution in [0.2, 0.25) is 0 Å². The summed E-state index contributed by atoms with van der Waals surface area (Å²) < 4.78 is 12.0. The normalized spacial score (nSPS) is 14.2. The molecule has 9 heteroatoms. The van der Waals surface area contributed by atoms with Crippen molar-refractivity contribution in [2.45, 2.75) is 24.2 Å². The quantitative estimate of drug-likeness (QED) is 0.698. The van der Waals surface area contributed by atoms with E-state index in [0.717, 1.165) is 26.5 Å². The Bertz CT molecular complexity index is 766. The van der Waals surface area contributed by atoms with Crippen molar-refractivity contribution < 1.29 is 14.3 Å². The summed E-state index contributed by atoms with van der Waals surface area (Å²) in [5.41, 5.74) is 1.01. The lowest BCUT2D eigenvalue weighted by molar-refractivity contribution is -0.119. The van der Waals surface area contributed by atoms with E-state index in [9.17, 15) is 4.79 Å². The summed E-state index contributed by atoms with van der Waals surface area (Å²) in [4.78, 5) is 12.4. The van der Waals surface area contributed by atoms with Gasteiger partial charge in [-0.1, -0.05) is 43.0 Å². The third-order valence-electron chi connectivity index (χ3n) is 3.86. The van der Waals surface area contributed by atoms with E-state index in [2.05, 4.69) is 34.7 Å². The van der Waals surface area contributed by atoms with Crippen molar-refractivity contribution in [1.29, 1.82) is 0 Å². The Morgan fingerprint density at radius 3 is 2.73 bits per heavy atom. The number of rotatable bonds is 7. The molecule has 2 N–H and O–H groups in total. The van der Waals surface area contributed by atoms with Gasteiger partial charge in [-0.3, -0.25) is 4.79 Å². The highest BCUT2D eigenvalue weighted by molar-refractivity contribution is 8.01. The van der Waals surface area contributed by atoms with Crippen LogP contribution in [0.3, 0.4) is 0 Å². The zero-order valence-electron chi connectivity index (χ0n) is 14.9. The lowest BCUT2D eigenvalue weighted by Crippen LogP contribution is -2.33. The second-order valence-electron chi connectivity index (χ2n) is 6.10. The molecule has 2 aromatic rings. The summed E-state index contributed by atoms with van der Waals surface area (Å²) in [6, 6.07) is 5.74. The number of benzene rings is 1. The predicted octanol–water partition coefficient (Wildman–Crippen LogP) is 2.96. The van der Waals surface area contributed by atoms with Crippen LogP contribution in [-0.2, 0) is 4.79 Å². The highest BCUT2D eigenvalue weighted by Crippen LogP contribution is 2.34. The number of ether oxygens (including phenoxy) is 2. The van der Waals surface area contributed by atoms with Gasteiger partial charge in [0, 0.05) is 7.05 Å². The second kappa shape index (κ2) is 8.59. The molecular formula is C17H22N4O3S2. The smallest absolute Gasteiger partial charge is 0.230 e. The zero-order valence-corrected chi connectivity index (χ0v) is 16.6. The van der Waals surface area contributed by atoms with Crippen molar-refractivity contribution in [3.63, 3.8) is 0 Å². The van der Waals surface area contributed by atoms with Gasteiger partial charge in [0.25, 0.3) is 0 Å². The molecule has 26 heavy (non-hydrogen) atoms. The zero-order chi connectivity index (χ0) is 18.5. The molecule has 7 nitrogen and oxygen atoms in total. The molecule has 0 spiro atoms. The summed E-state index contributed by atoms with van der Waals surface area (Å²) in [7, 11) is 1.79. The molecule has 0 saturated heterocycles. The Hall–Kier alpha value is -2.00. The van der Waals surface area contributed by atoms with Crippen molar-refractivity contribution in [3.05, 3.63) is 23.8 Å². The first-order valence-corrected chi connectivity index (χ1v) is 10.2. The second-order valence-corrected chi connectivity index (χ2v) is 8.30. The minimum absolute atomic E-state index is 0.0372. The number of carbonyl (C=O) groups excluding carboxylic acids is 1. The number of aromatic nitrogens is 2. The maximum Gasteiger partial charge on any atom is 0.230 e. The Kier molecular flexibility index (Phi) is 6.20. The first-order chi connectivity index (χ1) is 12.6. The fourth-order valence-electron chi connectivity index (χ4n) is 2.60. The third-order valence-corrected chi connectivity index (χ3v) is 5.93. The molecule has 1 atom stereocenters. The summed E-state index contributed by atoms with van der Waals surface area (Å²) >= 11 is 2.82. The van der Waals surface area contributed by atoms with Gasteiger partial charge in [-0.2, -0.15) is 0 Å². The van der Waals surface area contributed by atoms with Gasteiger partial charge in [0.2, 0.25) is 11.0 Å². The Morgan fingerprint density at radius 2 is 2.04 bits per heavy atom. The molecule has 1 aliphatic rings. The number of nitrogens with one attached hydrogen (secondary N) is 2. The third kappa shape index (κ3) is 4.59. The highest BCUT2D eigenvalue weighted by Gasteiger charge is 2.21. The van der Waals surface area contributed by atoms with E-state index < -0.39 is 0 Å². The molecule has 0 fully saturated rings. The monoisotopic (exact) mass is 394 g/mol. The lowest BCUT2D eigenvalue weighted by Gasteiger charge is -2.25. The number of hydrogen-bond acceptors (Lipinski definition) is 8. The maximum atomic E-state index is 12.4. The van der Waals surface area contributed by atoms with Crippen LogP contribution in [-0.4, -0.2) is 42.1 Å². The van der Waals surface area contributed by atoms with Crippen molar-refractivity contribution in [2.24, 2.45) is 5.92 Å². The maximum absolute atomic E-state index is 12.4. The van der Waals surface area contributed by atoms with Gasteiger partial charge in [0.05, 0.1) is 11.8 Å². The molecule has 1 amide bonds. The van der Waals surface area contributed by atoms with E-state index in [0.29, 0.717) is 19.0 Å². The summed E-state index contributed by atoms with van der Waals surface area (Å²) in [6.07, 6.45) is 0. The van der Waals surface area contributed by atoms with Crippen LogP contribution < -0.4 is 20.1 Å². The molecular weight excluding hydrogens is 372 g/mol. The van der Waals surface area contributed by atoms with Crippen LogP contribution in [0.1, 0.15) is 25.5 Å². The summed E-state index contributed by atoms with van der Waals surface area (Å²) in [6.45, 7) is 5.27. The molecule has 0 saturated carbocycles. The van der Waals surface area contributed by atoms with E-state index in [1.54, 1.807) is 7.05 Å². The average Bonchev–Trinajstić information content (AvgIpc) is 3.12. The first-order valence-electron chi connectivity index (χ1n) is 8.39. The lowest BCUT2D eigenvalue weighted by atomic mass is 9.95. The fourth-order valence-corrected chi connectivity index (χ4v) is 4.12. The van der Waals surface area contributed by atoms with Gasteiger partial charge >= 0.3 is 0 Å². The van der Waals surface area contributed by atoms with Crippen LogP contribution in [0.5, 0.6) is 11.5 Å². The molecule has 1 aromatic carbocycles. The molecule has 0 aliphatic carbocycles. The standard InChI is InChI=1S/C17H22N4O3S2/c1-10(2)15(11-4-5-12-13(8-11)24-7-6-23-12)19-14(22)9-25-17-21-20-16(18-3)26-17/h4-5,8,10,15H,6-7,9H2,1-3H3,(H,18,20)(H,19,22)/t15-/m0/s1. The van der Waals surface area contributed by atoms with Gasteiger partial charge in [-0.25, -0.2) is 0 Å². The number of thioether (sulfide) groups is 1. The van der Waals surface area contributed by atoms with Crippen molar-refractivity contribution >= 4 is 34.1 Å². The van der Waals surface area contributed by atoms with Gasteiger partial charge in [0.15, 0.2) is 15.8 Å². The number of carbonyl (C=O) groups is 1. The molecule has 0 radical (unpaired) electrons. The Balaban J connectivity index is 1.63. The summed E-state index contributed by atoms with van der Waals surface area (Å²) in [5.74, 6) is 1.98. The van der Waals surface area contributed by atoms with Crippen LogP contribution in [0.25, 0.3) is 0 Å². The molecule has 1 aliphatic heterocycles. The van der Waals surface area contributed by atoms with E-state index >= 15 is 0 Å². The van der Waals surface area contributed by atoms with E-state index in [4.69, 9.17) is 9.47 Å². The highest BCUT2D eigenvalue weighted by atomic mass is 32.2. The Morgan fingerprint density at radius 1 is 1.27 bits per heavy atom. The Labute approximate surface area is 160 Å². The van der Waals surface area contributed by atoms with Gasteiger partial charge in [-0.15, -0.1) is 10.2 Å². The van der Waals surface area contributed by atoms with Crippen LogP contribution >= 0.6 is 23.1 Å². The molecule has 3 rings (SSSR count). The van der Waals surface area contributed by atoms with E-state index in [1.165, 1.54) is 23.1 Å². The summed E-state index contributed by atoms with van der Waals surface area (Å²) in [5, 5.41) is 14.8. The number of anilines is 1. The molecule has 140 valence electrons. The van der Waals surface area contributed by atoms with E-state index in [1.807, 2.05) is 18.2 Å². The molecule has 0 unspecified atom stereocenters. The molecule has 1 aromatic heterocycles. The van der Waals surface area contributed by atoms with Gasteiger partial charge in [-0.05, 0) is 23.6 Å². The SMILES string of the molecule is CNc1nnc(SCC(=O)N[C@H](c2ccc3c(c2)OCCO3)C(C)C)s1. The fraction of sp³-hybridized carbons (Fsp3) is 0.471. The predicted molar refractivity (Wildman–Crippen MR) is 103 cm³/mol. The first kappa shape index (κ1) is 18.8. The molecule has 2 heterocycles. The van der Waals surface area contributed by atoms with Crippen molar-refractivity contribution in [3.8, 4) is 11.5 Å². The minimum atomic E-state index is -0.0961. The van der Waals surface area contributed by atoms with Crippen LogP contribution in [0.4, 0.5) is 5.13 Å². The van der Waals surface area contributed by atoms with Gasteiger partial charge < -0.3 is 20.1 Å². The largest absolute Gasteiger partial charge is 0.486 e. The van der Waals surface area contributed by atoms with Crippen LogP contribution in [0.15, 0.2) is 22.5 Å². The van der Waals surface area contributed by atoms with Gasteiger partial charge in [0.1, 0.15) is 13.2 Å². The van der Waals surface area contributed by atoms with Crippen molar-refractivity contribution in [2.75, 3.05) is 31.3 Å². The molecule has 0 bridgehead atoms. The topological polar surface area (TPSA) is 85.4 Å². The number of amides is 1. The van der Waals surface area contributed by atoms with E-state index in [-0.39, 0.29) is 17.9 Å². The number of nitrogens with zero attached hydrogens (tertiary/aromatic N) is 2. The minimum Gasteiger partial charge on any atom is -0.486 e.